The zero-order valence-electron chi connectivity index (χ0n) is 13.7. The van der Waals surface area contributed by atoms with Gasteiger partial charge in [-0.05, 0) is 19.9 Å². The van der Waals surface area contributed by atoms with Crippen LogP contribution >= 0.6 is 0 Å². The van der Waals surface area contributed by atoms with Crippen LogP contribution < -0.4 is 21.5 Å². The van der Waals surface area contributed by atoms with E-state index >= 15 is 0 Å². The van der Waals surface area contributed by atoms with E-state index in [9.17, 15) is 9.59 Å². The molecule has 24 heavy (non-hydrogen) atoms. The first-order valence-electron chi connectivity index (χ1n) is 7.70. The predicted octanol–water partition coefficient (Wildman–Crippen LogP) is 0.00182. The summed E-state index contributed by atoms with van der Waals surface area (Å²) in [6, 6.07) is 4.71. The molecule has 2 rings (SSSR count). The largest absolute Gasteiger partial charge is 0.370 e. The molecule has 0 aliphatic rings. The van der Waals surface area contributed by atoms with E-state index < -0.39 is 0 Å². The van der Waals surface area contributed by atoms with Crippen LogP contribution in [0.1, 0.15) is 12.7 Å². The first-order valence-corrected chi connectivity index (χ1v) is 7.70. The molecule has 0 aromatic carbocycles. The summed E-state index contributed by atoms with van der Waals surface area (Å²) >= 11 is 0. The molecule has 2 aromatic rings. The fraction of sp³-hybridized carbons (Fsp3) is 0.400. The van der Waals surface area contributed by atoms with Crippen molar-refractivity contribution in [3.63, 3.8) is 0 Å². The SMILES string of the molecule is CCNc1cc(NCCNC(=O)Cn2ncccc2=O)nc(C)n1. The van der Waals surface area contributed by atoms with Crippen LogP contribution in [0.3, 0.4) is 0 Å². The van der Waals surface area contributed by atoms with Gasteiger partial charge in [-0.2, -0.15) is 5.10 Å². The normalized spacial score (nSPS) is 10.2. The van der Waals surface area contributed by atoms with Crippen LogP contribution in [-0.2, 0) is 11.3 Å². The Labute approximate surface area is 139 Å². The number of anilines is 2. The number of nitrogens with zero attached hydrogens (tertiary/aromatic N) is 4. The lowest BCUT2D eigenvalue weighted by atomic mass is 10.4. The quantitative estimate of drug-likeness (QED) is 0.583. The molecule has 2 aromatic heterocycles. The van der Waals surface area contributed by atoms with Gasteiger partial charge in [-0.1, -0.05) is 0 Å². The van der Waals surface area contributed by atoms with Crippen molar-refractivity contribution in [3.05, 3.63) is 40.6 Å². The van der Waals surface area contributed by atoms with E-state index in [1.165, 1.54) is 18.3 Å². The lowest BCUT2D eigenvalue weighted by Crippen LogP contribution is -2.35. The highest BCUT2D eigenvalue weighted by molar-refractivity contribution is 5.75. The van der Waals surface area contributed by atoms with Crippen molar-refractivity contribution >= 4 is 17.5 Å². The summed E-state index contributed by atoms with van der Waals surface area (Å²) in [5.41, 5.74) is -0.307. The minimum absolute atomic E-state index is 0.100. The van der Waals surface area contributed by atoms with Crippen molar-refractivity contribution < 1.29 is 4.79 Å². The maximum Gasteiger partial charge on any atom is 0.267 e. The third kappa shape index (κ3) is 5.34. The Bertz CT molecular complexity index is 745. The van der Waals surface area contributed by atoms with Gasteiger partial charge in [0.1, 0.15) is 24.0 Å². The maximum atomic E-state index is 11.8. The second-order valence-corrected chi connectivity index (χ2v) is 5.01. The Morgan fingerprint density at radius 1 is 1.21 bits per heavy atom. The number of aryl methyl sites for hydroxylation is 1. The zero-order valence-corrected chi connectivity index (χ0v) is 13.7. The van der Waals surface area contributed by atoms with Crippen molar-refractivity contribution in [2.24, 2.45) is 0 Å². The number of aromatic nitrogens is 4. The van der Waals surface area contributed by atoms with Crippen molar-refractivity contribution in [1.29, 1.82) is 0 Å². The molecular formula is C15H21N7O2. The Morgan fingerprint density at radius 2 is 1.96 bits per heavy atom. The second kappa shape index (κ2) is 8.61. The highest BCUT2D eigenvalue weighted by atomic mass is 16.2. The minimum atomic E-state index is -0.307. The van der Waals surface area contributed by atoms with Crippen molar-refractivity contribution in [3.8, 4) is 0 Å². The van der Waals surface area contributed by atoms with Crippen LogP contribution in [-0.4, -0.2) is 45.3 Å². The lowest BCUT2D eigenvalue weighted by molar-refractivity contribution is -0.121. The summed E-state index contributed by atoms with van der Waals surface area (Å²) in [4.78, 5) is 31.8. The monoisotopic (exact) mass is 331 g/mol. The van der Waals surface area contributed by atoms with Crippen molar-refractivity contribution in [1.82, 2.24) is 25.1 Å². The van der Waals surface area contributed by atoms with Crippen LogP contribution in [0.2, 0.25) is 0 Å². The number of hydrogen-bond acceptors (Lipinski definition) is 7. The molecule has 3 N–H and O–H groups in total. The highest BCUT2D eigenvalue weighted by Gasteiger charge is 2.05. The molecule has 0 radical (unpaired) electrons. The number of hydrogen-bond donors (Lipinski definition) is 3. The van der Waals surface area contributed by atoms with Crippen LogP contribution in [0.4, 0.5) is 11.6 Å². The molecular weight excluding hydrogens is 310 g/mol. The predicted molar refractivity (Wildman–Crippen MR) is 90.9 cm³/mol. The van der Waals surface area contributed by atoms with E-state index in [-0.39, 0.29) is 18.0 Å². The average Bonchev–Trinajstić information content (AvgIpc) is 2.54. The molecule has 0 unspecified atom stereocenters. The van der Waals surface area contributed by atoms with Gasteiger partial charge < -0.3 is 16.0 Å². The van der Waals surface area contributed by atoms with E-state index in [0.717, 1.165) is 17.0 Å². The van der Waals surface area contributed by atoms with Crippen LogP contribution in [0.25, 0.3) is 0 Å². The van der Waals surface area contributed by atoms with E-state index in [0.29, 0.717) is 24.7 Å². The summed E-state index contributed by atoms with van der Waals surface area (Å²) in [5, 5.41) is 12.8. The topological polar surface area (TPSA) is 114 Å². The summed E-state index contributed by atoms with van der Waals surface area (Å²) in [5.74, 6) is 1.83. The molecule has 1 amide bonds. The van der Waals surface area contributed by atoms with Crippen molar-refractivity contribution in [2.75, 3.05) is 30.3 Å². The van der Waals surface area contributed by atoms with Gasteiger partial charge in [0.2, 0.25) is 5.91 Å². The summed E-state index contributed by atoms with van der Waals surface area (Å²) in [6.07, 6.45) is 1.47. The third-order valence-corrected chi connectivity index (χ3v) is 3.03. The van der Waals surface area contributed by atoms with E-state index in [1.54, 1.807) is 0 Å². The molecule has 0 atom stereocenters. The van der Waals surface area contributed by atoms with Crippen LogP contribution in [0.5, 0.6) is 0 Å². The number of carbonyl (C=O) groups is 1. The lowest BCUT2D eigenvalue weighted by Gasteiger charge is -2.10. The van der Waals surface area contributed by atoms with Crippen LogP contribution in [0.15, 0.2) is 29.2 Å². The van der Waals surface area contributed by atoms with Gasteiger partial charge in [0.15, 0.2) is 0 Å². The first kappa shape index (κ1) is 17.4. The Balaban J connectivity index is 1.77. The van der Waals surface area contributed by atoms with Gasteiger partial charge in [-0.15, -0.1) is 0 Å². The Kier molecular flexibility index (Phi) is 6.23. The molecule has 0 saturated carbocycles. The first-order chi connectivity index (χ1) is 11.6. The van der Waals surface area contributed by atoms with E-state index in [1.807, 2.05) is 19.9 Å². The van der Waals surface area contributed by atoms with Gasteiger partial charge in [-0.3, -0.25) is 9.59 Å². The number of rotatable bonds is 8. The number of carbonyl (C=O) groups excluding carboxylic acids is 1. The standard InChI is InChI=1S/C15H21N7O2/c1-3-16-12-9-13(21-11(2)20-12)17-7-8-18-14(23)10-22-15(24)5-4-6-19-22/h4-6,9H,3,7-8,10H2,1-2H3,(H,18,23)(H2,16,17,20,21). The van der Waals surface area contributed by atoms with E-state index in [4.69, 9.17) is 0 Å². The molecule has 0 aliphatic heterocycles. The fourth-order valence-electron chi connectivity index (χ4n) is 2.02. The molecule has 0 aliphatic carbocycles. The molecule has 9 nitrogen and oxygen atoms in total. The number of amides is 1. The summed E-state index contributed by atoms with van der Waals surface area (Å²) in [6.45, 7) is 5.39. The van der Waals surface area contributed by atoms with Gasteiger partial charge >= 0.3 is 0 Å². The molecule has 128 valence electrons. The van der Waals surface area contributed by atoms with Gasteiger partial charge in [-0.25, -0.2) is 14.6 Å². The Morgan fingerprint density at radius 3 is 2.67 bits per heavy atom. The number of nitrogens with one attached hydrogen (secondary N) is 3. The maximum absolute atomic E-state index is 11.8. The molecule has 0 saturated heterocycles. The van der Waals surface area contributed by atoms with Gasteiger partial charge in [0.25, 0.3) is 5.56 Å². The minimum Gasteiger partial charge on any atom is -0.370 e. The summed E-state index contributed by atoms with van der Waals surface area (Å²) in [7, 11) is 0. The highest BCUT2D eigenvalue weighted by Crippen LogP contribution is 2.10. The smallest absolute Gasteiger partial charge is 0.267 e. The van der Waals surface area contributed by atoms with Gasteiger partial charge in [0.05, 0.1) is 0 Å². The zero-order chi connectivity index (χ0) is 17.4. The molecule has 9 heteroatoms. The molecule has 0 fully saturated rings. The average molecular weight is 331 g/mol. The van der Waals surface area contributed by atoms with E-state index in [2.05, 4.69) is 31.0 Å². The molecule has 0 spiro atoms. The van der Waals surface area contributed by atoms with Gasteiger partial charge in [0, 0.05) is 38.0 Å². The Hall–Kier alpha value is -2.97. The van der Waals surface area contributed by atoms with Crippen molar-refractivity contribution in [2.45, 2.75) is 20.4 Å². The molecule has 2 heterocycles. The third-order valence-electron chi connectivity index (χ3n) is 3.03. The fourth-order valence-corrected chi connectivity index (χ4v) is 2.02. The van der Waals surface area contributed by atoms with Crippen LogP contribution in [0, 0.1) is 6.92 Å². The molecule has 0 bridgehead atoms. The second-order valence-electron chi connectivity index (χ2n) is 5.01. The summed E-state index contributed by atoms with van der Waals surface area (Å²) < 4.78 is 1.11.